The number of nitrogens with zero attached hydrogens (tertiary/aromatic N) is 3. The Kier molecular flexibility index (Phi) is 3.75. The average molecular weight is 283 g/mol. The molecule has 0 spiro atoms. The van der Waals surface area contributed by atoms with Crippen LogP contribution in [0.1, 0.15) is 17.5 Å². The van der Waals surface area contributed by atoms with Crippen molar-refractivity contribution in [1.82, 2.24) is 9.55 Å². The average Bonchev–Trinajstić information content (AvgIpc) is 2.71. The number of benzene rings is 1. The highest BCUT2D eigenvalue weighted by Gasteiger charge is 2.25. The van der Waals surface area contributed by atoms with E-state index in [1.165, 1.54) is 13.0 Å². The lowest BCUT2D eigenvalue weighted by molar-refractivity contribution is -0.392. The van der Waals surface area contributed by atoms with E-state index in [1.54, 1.807) is 0 Å². The highest BCUT2D eigenvalue weighted by Crippen LogP contribution is 2.24. The van der Waals surface area contributed by atoms with Gasteiger partial charge >= 0.3 is 5.82 Å². The lowest BCUT2D eigenvalue weighted by Crippen LogP contribution is -2.14. The number of aliphatic hydroxyl groups excluding tert-OH is 1. The number of aryl methyl sites for hydroxylation is 1. The van der Waals surface area contributed by atoms with Crippen molar-refractivity contribution >= 4 is 5.82 Å². The molecule has 1 atom stereocenters. The first-order valence-corrected chi connectivity index (χ1v) is 5.70. The molecule has 1 aromatic heterocycles. The summed E-state index contributed by atoms with van der Waals surface area (Å²) >= 11 is 0. The number of aromatic nitrogens is 2. The maximum atomic E-state index is 13.5. The Hall–Kier alpha value is -2.35. The molecule has 1 unspecified atom stereocenters. The summed E-state index contributed by atoms with van der Waals surface area (Å²) in [5.74, 6) is -1.89. The van der Waals surface area contributed by atoms with Gasteiger partial charge in [-0.25, -0.2) is 18.3 Å². The SMILES string of the molecule is Cc1ncc([N+](=O)[O-])n1CC(O)c1c(F)cccc1F. The Morgan fingerprint density at radius 2 is 2.05 bits per heavy atom. The summed E-state index contributed by atoms with van der Waals surface area (Å²) in [6, 6.07) is 3.19. The van der Waals surface area contributed by atoms with Crippen LogP contribution < -0.4 is 0 Å². The van der Waals surface area contributed by atoms with Crippen LogP contribution in [-0.2, 0) is 6.54 Å². The molecule has 0 saturated heterocycles. The van der Waals surface area contributed by atoms with E-state index in [-0.39, 0.29) is 18.2 Å². The molecule has 0 radical (unpaired) electrons. The molecule has 0 fully saturated rings. The third-order valence-electron chi connectivity index (χ3n) is 2.91. The van der Waals surface area contributed by atoms with E-state index in [0.717, 1.165) is 22.9 Å². The van der Waals surface area contributed by atoms with Crippen LogP contribution in [0.4, 0.5) is 14.6 Å². The van der Waals surface area contributed by atoms with Crippen LogP contribution in [0.5, 0.6) is 0 Å². The van der Waals surface area contributed by atoms with Crippen molar-refractivity contribution in [2.24, 2.45) is 0 Å². The van der Waals surface area contributed by atoms with Crippen molar-refractivity contribution in [2.45, 2.75) is 19.6 Å². The van der Waals surface area contributed by atoms with Gasteiger partial charge in [0.05, 0.1) is 5.56 Å². The Bertz CT molecular complexity index is 637. The molecule has 0 aliphatic heterocycles. The minimum atomic E-state index is -1.55. The van der Waals surface area contributed by atoms with Gasteiger partial charge in [-0.15, -0.1) is 0 Å². The van der Waals surface area contributed by atoms with Crippen LogP contribution in [0.2, 0.25) is 0 Å². The molecular weight excluding hydrogens is 272 g/mol. The first-order chi connectivity index (χ1) is 9.41. The number of rotatable bonds is 4. The Morgan fingerprint density at radius 3 is 2.60 bits per heavy atom. The van der Waals surface area contributed by atoms with Gasteiger partial charge in [0.2, 0.25) is 0 Å². The number of nitro groups is 1. The summed E-state index contributed by atoms with van der Waals surface area (Å²) in [4.78, 5) is 13.9. The molecule has 1 N–H and O–H groups in total. The highest BCUT2D eigenvalue weighted by atomic mass is 19.1. The first kappa shape index (κ1) is 14.1. The van der Waals surface area contributed by atoms with Crippen molar-refractivity contribution < 1.29 is 18.8 Å². The molecule has 20 heavy (non-hydrogen) atoms. The number of imidazole rings is 1. The normalized spacial score (nSPS) is 12.4. The van der Waals surface area contributed by atoms with Crippen molar-refractivity contribution in [3.8, 4) is 0 Å². The quantitative estimate of drug-likeness (QED) is 0.688. The second-order valence-corrected chi connectivity index (χ2v) is 4.18. The van der Waals surface area contributed by atoms with Gasteiger partial charge < -0.3 is 15.2 Å². The summed E-state index contributed by atoms with van der Waals surface area (Å²) in [5, 5.41) is 20.7. The molecule has 106 valence electrons. The van der Waals surface area contributed by atoms with E-state index in [9.17, 15) is 24.0 Å². The second kappa shape index (κ2) is 5.33. The molecule has 6 nitrogen and oxygen atoms in total. The van der Waals surface area contributed by atoms with Crippen molar-refractivity contribution in [1.29, 1.82) is 0 Å². The molecule has 1 heterocycles. The zero-order valence-corrected chi connectivity index (χ0v) is 10.5. The highest BCUT2D eigenvalue weighted by molar-refractivity contribution is 5.24. The van der Waals surface area contributed by atoms with Crippen LogP contribution in [0.3, 0.4) is 0 Å². The summed E-state index contributed by atoms with van der Waals surface area (Å²) in [6.45, 7) is 1.14. The molecule has 2 rings (SSSR count). The van der Waals surface area contributed by atoms with Crippen LogP contribution in [-0.4, -0.2) is 19.6 Å². The third kappa shape index (κ3) is 2.50. The molecule has 0 bridgehead atoms. The summed E-state index contributed by atoms with van der Waals surface area (Å²) in [6.07, 6.45) is -0.525. The van der Waals surface area contributed by atoms with Crippen LogP contribution in [0, 0.1) is 28.7 Å². The Labute approximate surface area is 112 Å². The molecule has 0 aliphatic rings. The third-order valence-corrected chi connectivity index (χ3v) is 2.91. The topological polar surface area (TPSA) is 81.2 Å². The lowest BCUT2D eigenvalue weighted by Gasteiger charge is -2.12. The predicted octanol–water partition coefficient (Wildman–Crippen LogP) is 2.11. The van der Waals surface area contributed by atoms with Gasteiger partial charge in [0.25, 0.3) is 0 Å². The fraction of sp³-hybridized carbons (Fsp3) is 0.250. The molecule has 2 aromatic rings. The van der Waals surface area contributed by atoms with E-state index in [0.29, 0.717) is 0 Å². The minimum Gasteiger partial charge on any atom is -0.384 e. The van der Waals surface area contributed by atoms with Crippen LogP contribution in [0.25, 0.3) is 0 Å². The number of aliphatic hydroxyl groups is 1. The van der Waals surface area contributed by atoms with Crippen molar-refractivity contribution in [2.75, 3.05) is 0 Å². The van der Waals surface area contributed by atoms with Crippen molar-refractivity contribution in [3.05, 3.63) is 57.5 Å². The summed E-state index contributed by atoms with van der Waals surface area (Å²) in [7, 11) is 0. The van der Waals surface area contributed by atoms with Gasteiger partial charge in [0.1, 0.15) is 30.5 Å². The Morgan fingerprint density at radius 1 is 1.45 bits per heavy atom. The van der Waals surface area contributed by atoms with Gasteiger partial charge in [0.15, 0.2) is 5.82 Å². The standard InChI is InChI=1S/C12H11F2N3O3/c1-7-15-5-11(17(19)20)16(7)6-10(18)12-8(13)3-2-4-9(12)14/h2-5,10,18H,6H2,1H3. The first-order valence-electron chi connectivity index (χ1n) is 5.70. The predicted molar refractivity (Wildman–Crippen MR) is 64.9 cm³/mol. The summed E-state index contributed by atoms with van der Waals surface area (Å²) < 4.78 is 28.2. The maximum Gasteiger partial charge on any atom is 0.342 e. The van der Waals surface area contributed by atoms with Gasteiger partial charge in [-0.1, -0.05) is 6.07 Å². The van der Waals surface area contributed by atoms with Crippen molar-refractivity contribution in [3.63, 3.8) is 0 Å². The van der Waals surface area contributed by atoms with Gasteiger partial charge in [-0.3, -0.25) is 0 Å². The number of hydrogen-bond donors (Lipinski definition) is 1. The molecule has 0 amide bonds. The van der Waals surface area contributed by atoms with Gasteiger partial charge in [-0.2, -0.15) is 0 Å². The zero-order valence-electron chi connectivity index (χ0n) is 10.5. The largest absolute Gasteiger partial charge is 0.384 e. The van der Waals surface area contributed by atoms with Gasteiger partial charge in [-0.05, 0) is 17.1 Å². The van der Waals surface area contributed by atoms with E-state index in [1.807, 2.05) is 0 Å². The molecule has 0 saturated carbocycles. The van der Waals surface area contributed by atoms with E-state index in [2.05, 4.69) is 4.98 Å². The smallest absolute Gasteiger partial charge is 0.342 e. The Balaban J connectivity index is 2.35. The second-order valence-electron chi connectivity index (χ2n) is 4.18. The molecule has 1 aromatic carbocycles. The van der Waals surface area contributed by atoms with Gasteiger partial charge in [0, 0.05) is 6.92 Å². The number of halogens is 2. The fourth-order valence-electron chi connectivity index (χ4n) is 1.92. The molecular formula is C12H11F2N3O3. The summed E-state index contributed by atoms with van der Waals surface area (Å²) in [5.41, 5.74) is -0.519. The minimum absolute atomic E-state index is 0.271. The molecule has 8 heteroatoms. The zero-order chi connectivity index (χ0) is 14.9. The monoisotopic (exact) mass is 283 g/mol. The van der Waals surface area contributed by atoms with E-state index < -0.39 is 28.2 Å². The van der Waals surface area contributed by atoms with E-state index >= 15 is 0 Å². The fourth-order valence-corrected chi connectivity index (χ4v) is 1.92. The molecule has 0 aliphatic carbocycles. The van der Waals surface area contributed by atoms with Crippen LogP contribution in [0.15, 0.2) is 24.4 Å². The lowest BCUT2D eigenvalue weighted by atomic mass is 10.1. The maximum absolute atomic E-state index is 13.5. The van der Waals surface area contributed by atoms with Crippen LogP contribution >= 0.6 is 0 Å². The number of hydrogen-bond acceptors (Lipinski definition) is 4. The van der Waals surface area contributed by atoms with E-state index in [4.69, 9.17) is 0 Å².